The van der Waals surface area contributed by atoms with Gasteiger partial charge in [-0.3, -0.25) is 4.79 Å². The third kappa shape index (κ3) is 2.86. The number of nitrogens with zero attached hydrogens (tertiary/aromatic N) is 2. The van der Waals surface area contributed by atoms with Crippen LogP contribution in [-0.2, 0) is 9.53 Å². The fourth-order valence-electron chi connectivity index (χ4n) is 1.56. The lowest BCUT2D eigenvalue weighted by Crippen LogP contribution is -2.43. The summed E-state index contributed by atoms with van der Waals surface area (Å²) in [5, 5.41) is 21.4. The van der Waals surface area contributed by atoms with E-state index in [-0.39, 0.29) is 6.61 Å². The second-order valence-electron chi connectivity index (χ2n) is 3.85. The number of carboxylic acid groups (broad SMARTS) is 1. The molecule has 0 fully saturated rings. The Hall–Kier alpha value is -2.48. The molecule has 0 radical (unpaired) electrons. The predicted molar refractivity (Wildman–Crippen MR) is 64.7 cm³/mol. The van der Waals surface area contributed by atoms with Gasteiger partial charge in [0.2, 0.25) is 0 Å². The van der Waals surface area contributed by atoms with Crippen LogP contribution < -0.4 is 5.32 Å². The number of ether oxygens (including phenoxy) is 1. The Bertz CT molecular complexity index is 610. The first kappa shape index (κ1) is 13.0. The molecule has 0 bridgehead atoms. The van der Waals surface area contributed by atoms with Gasteiger partial charge in [0.15, 0.2) is 6.04 Å². The molecule has 0 saturated heterocycles. The Morgan fingerprint density at radius 2 is 2.16 bits per heavy atom. The van der Waals surface area contributed by atoms with Crippen LogP contribution >= 0.6 is 0 Å². The zero-order valence-corrected chi connectivity index (χ0v) is 10.1. The summed E-state index contributed by atoms with van der Waals surface area (Å²) >= 11 is 0. The number of benzene rings is 1. The molecular formula is C11H12N4O4. The second kappa shape index (κ2) is 5.44. The fraction of sp³-hybridized carbons (Fsp3) is 0.273. The number of hydrogen-bond acceptors (Lipinski definition) is 5. The van der Waals surface area contributed by atoms with Crippen molar-refractivity contribution in [2.24, 2.45) is 0 Å². The zero-order chi connectivity index (χ0) is 13.8. The van der Waals surface area contributed by atoms with Crippen LogP contribution in [0.4, 0.5) is 0 Å². The van der Waals surface area contributed by atoms with Crippen molar-refractivity contribution < 1.29 is 19.4 Å². The van der Waals surface area contributed by atoms with E-state index in [2.05, 4.69) is 20.7 Å². The summed E-state index contributed by atoms with van der Waals surface area (Å²) in [6.07, 6.45) is 0. The molecular weight excluding hydrogens is 252 g/mol. The van der Waals surface area contributed by atoms with E-state index in [0.29, 0.717) is 16.6 Å². The van der Waals surface area contributed by atoms with E-state index >= 15 is 0 Å². The minimum absolute atomic E-state index is 0.104. The van der Waals surface area contributed by atoms with E-state index in [4.69, 9.17) is 9.84 Å². The molecule has 0 aliphatic rings. The van der Waals surface area contributed by atoms with Crippen LogP contribution in [0.1, 0.15) is 10.4 Å². The van der Waals surface area contributed by atoms with Gasteiger partial charge in [-0.15, -0.1) is 0 Å². The molecule has 8 heteroatoms. The number of H-pyrrole nitrogens is 1. The Morgan fingerprint density at radius 3 is 2.84 bits per heavy atom. The maximum atomic E-state index is 11.9. The number of aromatic amines is 1. The van der Waals surface area contributed by atoms with Crippen molar-refractivity contribution in [1.29, 1.82) is 0 Å². The number of hydrogen-bond donors (Lipinski definition) is 3. The van der Waals surface area contributed by atoms with Gasteiger partial charge in [-0.05, 0) is 18.2 Å². The van der Waals surface area contributed by atoms with E-state index in [1.54, 1.807) is 12.1 Å². The SMILES string of the molecule is COCC(NC(=O)c1ccc2n[nH]nc2c1)C(=O)O. The molecule has 2 rings (SSSR count). The number of nitrogens with one attached hydrogen (secondary N) is 2. The van der Waals surface area contributed by atoms with Crippen LogP contribution in [0.3, 0.4) is 0 Å². The van der Waals surface area contributed by atoms with Gasteiger partial charge < -0.3 is 15.2 Å². The minimum Gasteiger partial charge on any atom is -0.480 e. The lowest BCUT2D eigenvalue weighted by atomic mass is 10.1. The number of carboxylic acids is 1. The molecule has 0 aliphatic heterocycles. The number of aromatic nitrogens is 3. The van der Waals surface area contributed by atoms with Gasteiger partial charge in [0.25, 0.3) is 5.91 Å². The summed E-state index contributed by atoms with van der Waals surface area (Å²) < 4.78 is 4.74. The lowest BCUT2D eigenvalue weighted by Gasteiger charge is -2.13. The summed E-state index contributed by atoms with van der Waals surface area (Å²) in [5.74, 6) is -1.66. The number of amides is 1. The maximum Gasteiger partial charge on any atom is 0.328 e. The number of carbonyl (C=O) groups is 2. The number of fused-ring (bicyclic) bond motifs is 1. The third-order valence-electron chi connectivity index (χ3n) is 2.52. The molecule has 1 amide bonds. The highest BCUT2D eigenvalue weighted by Gasteiger charge is 2.20. The van der Waals surface area contributed by atoms with Gasteiger partial charge in [-0.2, -0.15) is 15.4 Å². The molecule has 100 valence electrons. The van der Waals surface area contributed by atoms with Crippen LogP contribution in [0.15, 0.2) is 18.2 Å². The van der Waals surface area contributed by atoms with E-state index < -0.39 is 17.9 Å². The summed E-state index contributed by atoms with van der Waals surface area (Å²) in [6.45, 7) is -0.104. The van der Waals surface area contributed by atoms with E-state index in [1.807, 2.05) is 0 Å². The molecule has 0 aliphatic carbocycles. The van der Waals surface area contributed by atoms with Gasteiger partial charge in [0.1, 0.15) is 11.0 Å². The molecule has 1 atom stereocenters. The first-order valence-corrected chi connectivity index (χ1v) is 5.45. The second-order valence-corrected chi connectivity index (χ2v) is 3.85. The van der Waals surface area contributed by atoms with Gasteiger partial charge in [-0.25, -0.2) is 4.79 Å². The molecule has 3 N–H and O–H groups in total. The van der Waals surface area contributed by atoms with Crippen molar-refractivity contribution in [3.8, 4) is 0 Å². The molecule has 0 saturated carbocycles. The Kier molecular flexibility index (Phi) is 3.71. The van der Waals surface area contributed by atoms with E-state index in [0.717, 1.165) is 0 Å². The van der Waals surface area contributed by atoms with Crippen LogP contribution in [-0.4, -0.2) is 52.2 Å². The molecule has 19 heavy (non-hydrogen) atoms. The smallest absolute Gasteiger partial charge is 0.328 e. The molecule has 1 aromatic carbocycles. The molecule has 1 unspecified atom stereocenters. The number of rotatable bonds is 5. The van der Waals surface area contributed by atoms with E-state index in [1.165, 1.54) is 13.2 Å². The standard InChI is InChI=1S/C11H12N4O4/c1-19-5-9(11(17)18)12-10(16)6-2-3-7-8(4-6)14-15-13-7/h2-4,9H,5H2,1H3,(H,12,16)(H,17,18)(H,13,14,15). The topological polar surface area (TPSA) is 117 Å². The molecule has 2 aromatic rings. The highest BCUT2D eigenvalue weighted by atomic mass is 16.5. The first-order chi connectivity index (χ1) is 9.11. The Morgan fingerprint density at radius 1 is 1.42 bits per heavy atom. The first-order valence-electron chi connectivity index (χ1n) is 5.45. The van der Waals surface area contributed by atoms with Crippen LogP contribution in [0.25, 0.3) is 11.0 Å². The number of carbonyl (C=O) groups excluding carboxylic acids is 1. The highest BCUT2D eigenvalue weighted by molar-refractivity contribution is 5.99. The minimum atomic E-state index is -1.15. The highest BCUT2D eigenvalue weighted by Crippen LogP contribution is 2.10. The normalized spacial score (nSPS) is 12.3. The molecule has 1 heterocycles. The van der Waals surface area contributed by atoms with Gasteiger partial charge >= 0.3 is 5.97 Å². The van der Waals surface area contributed by atoms with Crippen molar-refractivity contribution in [2.75, 3.05) is 13.7 Å². The van der Waals surface area contributed by atoms with Gasteiger partial charge in [-0.1, -0.05) is 0 Å². The lowest BCUT2D eigenvalue weighted by molar-refractivity contribution is -0.140. The number of aliphatic carboxylic acids is 1. The van der Waals surface area contributed by atoms with Crippen LogP contribution in [0.2, 0.25) is 0 Å². The van der Waals surface area contributed by atoms with E-state index in [9.17, 15) is 9.59 Å². The Labute approximate surface area is 107 Å². The summed E-state index contributed by atoms with van der Waals surface area (Å²) in [5.41, 5.74) is 1.47. The van der Waals surface area contributed by atoms with Crippen molar-refractivity contribution in [3.05, 3.63) is 23.8 Å². The van der Waals surface area contributed by atoms with Crippen LogP contribution in [0.5, 0.6) is 0 Å². The Balaban J connectivity index is 2.16. The summed E-state index contributed by atoms with van der Waals surface area (Å²) in [7, 11) is 1.36. The predicted octanol–water partition coefficient (Wildman–Crippen LogP) is -0.213. The zero-order valence-electron chi connectivity index (χ0n) is 10.1. The monoisotopic (exact) mass is 264 g/mol. The number of methoxy groups -OCH3 is 1. The van der Waals surface area contributed by atoms with Crippen molar-refractivity contribution in [3.63, 3.8) is 0 Å². The maximum absolute atomic E-state index is 11.9. The fourth-order valence-corrected chi connectivity index (χ4v) is 1.56. The van der Waals surface area contributed by atoms with Gasteiger partial charge in [0, 0.05) is 12.7 Å². The average Bonchev–Trinajstić information content (AvgIpc) is 2.85. The van der Waals surface area contributed by atoms with Crippen molar-refractivity contribution >= 4 is 22.9 Å². The molecule has 1 aromatic heterocycles. The van der Waals surface area contributed by atoms with Crippen molar-refractivity contribution in [2.45, 2.75) is 6.04 Å². The molecule has 8 nitrogen and oxygen atoms in total. The van der Waals surface area contributed by atoms with Crippen molar-refractivity contribution in [1.82, 2.24) is 20.7 Å². The third-order valence-corrected chi connectivity index (χ3v) is 2.52. The largest absolute Gasteiger partial charge is 0.480 e. The quantitative estimate of drug-likeness (QED) is 0.687. The van der Waals surface area contributed by atoms with Crippen LogP contribution in [0, 0.1) is 0 Å². The van der Waals surface area contributed by atoms with Gasteiger partial charge in [0.05, 0.1) is 6.61 Å². The average molecular weight is 264 g/mol. The summed E-state index contributed by atoms with van der Waals surface area (Å²) in [4.78, 5) is 22.8. The summed E-state index contributed by atoms with van der Waals surface area (Å²) in [6, 6.07) is 3.61. The molecule has 0 spiro atoms.